The molecule has 1 N–H and O–H groups in total. The monoisotopic (exact) mass is 460 g/mol. The van der Waals surface area contributed by atoms with Crippen LogP contribution in [0, 0.1) is 5.82 Å². The normalized spacial score (nSPS) is 13.9. The van der Waals surface area contributed by atoms with Gasteiger partial charge in [0.05, 0.1) is 13.5 Å². The average Bonchev–Trinajstić information content (AvgIpc) is 3.67. The number of halogens is 1. The fraction of sp³-hybridized carbons (Fsp3) is 0.276. The molecule has 1 saturated carbocycles. The molecule has 0 radical (unpaired) electrons. The van der Waals surface area contributed by atoms with Crippen LogP contribution in [0.1, 0.15) is 54.7 Å². The standard InChI is InChI=1S/C29H29FO4/c1-18(2)25(16-29(31)32)21-7-9-22(10-8-21)34-17-19-4-12-24(20-5-6-20)26(14-19)27-15-23(33-3)11-13-28(27)30/h4,7-15,20,25H,1,5-6,16-17H2,2-3H3,(H,31,32)/t25-/m0/s1. The number of hydrogen-bond acceptors (Lipinski definition) is 3. The van der Waals surface area contributed by atoms with Crippen LogP contribution in [-0.2, 0) is 11.4 Å². The lowest BCUT2D eigenvalue weighted by atomic mass is 9.90. The molecule has 0 spiro atoms. The molecule has 3 aromatic carbocycles. The summed E-state index contributed by atoms with van der Waals surface area (Å²) in [6.07, 6.45) is 2.24. The highest BCUT2D eigenvalue weighted by Gasteiger charge is 2.27. The minimum atomic E-state index is -0.855. The molecule has 1 aliphatic carbocycles. The van der Waals surface area contributed by atoms with E-state index in [1.54, 1.807) is 19.2 Å². The second kappa shape index (κ2) is 10.1. The molecule has 0 amide bonds. The Balaban J connectivity index is 1.53. The first kappa shape index (κ1) is 23.6. The van der Waals surface area contributed by atoms with Crippen LogP contribution in [0.2, 0.25) is 0 Å². The van der Waals surface area contributed by atoms with Gasteiger partial charge in [-0.05, 0) is 84.3 Å². The zero-order valence-electron chi connectivity index (χ0n) is 19.5. The first-order valence-electron chi connectivity index (χ1n) is 11.4. The summed E-state index contributed by atoms with van der Waals surface area (Å²) in [6, 6.07) is 18.4. The van der Waals surface area contributed by atoms with E-state index in [1.165, 1.54) is 6.07 Å². The average molecular weight is 461 g/mol. The van der Waals surface area contributed by atoms with E-state index in [2.05, 4.69) is 12.6 Å². The van der Waals surface area contributed by atoms with Crippen LogP contribution < -0.4 is 9.47 Å². The van der Waals surface area contributed by atoms with E-state index in [0.29, 0.717) is 29.6 Å². The van der Waals surface area contributed by atoms with E-state index in [9.17, 15) is 14.3 Å². The molecule has 0 heterocycles. The van der Waals surface area contributed by atoms with Crippen molar-refractivity contribution in [1.29, 1.82) is 0 Å². The molecule has 1 aliphatic rings. The van der Waals surface area contributed by atoms with Crippen LogP contribution in [0.3, 0.4) is 0 Å². The molecule has 0 aromatic heterocycles. The van der Waals surface area contributed by atoms with Gasteiger partial charge in [0, 0.05) is 11.5 Å². The van der Waals surface area contributed by atoms with Gasteiger partial charge in [0.1, 0.15) is 23.9 Å². The number of benzene rings is 3. The molecular weight excluding hydrogens is 431 g/mol. The van der Waals surface area contributed by atoms with Crippen molar-refractivity contribution < 1.29 is 23.8 Å². The van der Waals surface area contributed by atoms with Crippen molar-refractivity contribution in [3.8, 4) is 22.6 Å². The summed E-state index contributed by atoms with van der Waals surface area (Å²) in [4.78, 5) is 11.2. The van der Waals surface area contributed by atoms with Crippen LogP contribution in [0.25, 0.3) is 11.1 Å². The fourth-order valence-electron chi connectivity index (χ4n) is 4.23. The molecule has 4 rings (SSSR count). The highest BCUT2D eigenvalue weighted by molar-refractivity contribution is 5.71. The lowest BCUT2D eigenvalue weighted by Crippen LogP contribution is -2.07. The molecule has 0 bridgehead atoms. The van der Waals surface area contributed by atoms with Crippen molar-refractivity contribution in [2.75, 3.05) is 7.11 Å². The van der Waals surface area contributed by atoms with Gasteiger partial charge < -0.3 is 14.6 Å². The Bertz CT molecular complexity index is 1200. The van der Waals surface area contributed by atoms with Gasteiger partial charge in [0.2, 0.25) is 0 Å². The molecular formula is C29H29FO4. The maximum atomic E-state index is 14.7. The molecule has 0 unspecified atom stereocenters. The maximum Gasteiger partial charge on any atom is 0.304 e. The van der Waals surface area contributed by atoms with Gasteiger partial charge in [-0.3, -0.25) is 4.79 Å². The van der Waals surface area contributed by atoms with Gasteiger partial charge in [-0.1, -0.05) is 36.4 Å². The Hall–Kier alpha value is -3.60. The van der Waals surface area contributed by atoms with Gasteiger partial charge in [-0.15, -0.1) is 0 Å². The van der Waals surface area contributed by atoms with Crippen molar-refractivity contribution in [2.45, 2.75) is 44.6 Å². The lowest BCUT2D eigenvalue weighted by molar-refractivity contribution is -0.137. The summed E-state index contributed by atoms with van der Waals surface area (Å²) < 4.78 is 26.1. The number of carboxylic acid groups (broad SMARTS) is 1. The molecule has 4 nitrogen and oxygen atoms in total. The summed E-state index contributed by atoms with van der Waals surface area (Å²) >= 11 is 0. The molecule has 34 heavy (non-hydrogen) atoms. The number of methoxy groups -OCH3 is 1. The highest BCUT2D eigenvalue weighted by Crippen LogP contribution is 2.45. The predicted octanol–water partition coefficient (Wildman–Crippen LogP) is 7.09. The largest absolute Gasteiger partial charge is 0.497 e. The number of allylic oxidation sites excluding steroid dienone is 1. The van der Waals surface area contributed by atoms with Gasteiger partial charge in [-0.2, -0.15) is 0 Å². The van der Waals surface area contributed by atoms with Gasteiger partial charge in [-0.25, -0.2) is 4.39 Å². The second-order valence-corrected chi connectivity index (χ2v) is 8.90. The molecule has 0 saturated heterocycles. The number of carbonyl (C=O) groups is 1. The lowest BCUT2D eigenvalue weighted by Gasteiger charge is -2.16. The van der Waals surface area contributed by atoms with Gasteiger partial charge in [0.15, 0.2) is 0 Å². The summed E-state index contributed by atoms with van der Waals surface area (Å²) in [7, 11) is 1.58. The molecule has 176 valence electrons. The fourth-order valence-corrected chi connectivity index (χ4v) is 4.23. The van der Waals surface area contributed by atoms with Crippen molar-refractivity contribution in [3.05, 3.63) is 95.3 Å². The number of hydrogen-bond donors (Lipinski definition) is 1. The number of carboxylic acids is 1. The van der Waals surface area contributed by atoms with Crippen LogP contribution >= 0.6 is 0 Å². The number of aliphatic carboxylic acids is 1. The van der Waals surface area contributed by atoms with Crippen LogP contribution in [0.5, 0.6) is 11.5 Å². The topological polar surface area (TPSA) is 55.8 Å². The third-order valence-electron chi connectivity index (χ3n) is 6.26. The highest BCUT2D eigenvalue weighted by atomic mass is 19.1. The molecule has 3 aromatic rings. The second-order valence-electron chi connectivity index (χ2n) is 8.90. The Labute approximate surface area is 199 Å². The minimum Gasteiger partial charge on any atom is -0.497 e. The zero-order valence-corrected chi connectivity index (χ0v) is 19.5. The van der Waals surface area contributed by atoms with Gasteiger partial charge >= 0.3 is 5.97 Å². The Morgan fingerprint density at radius 2 is 1.76 bits per heavy atom. The van der Waals surface area contributed by atoms with Crippen LogP contribution in [0.15, 0.2) is 72.8 Å². The first-order valence-corrected chi connectivity index (χ1v) is 11.4. The Morgan fingerprint density at radius 1 is 1.06 bits per heavy atom. The minimum absolute atomic E-state index is 0.00644. The Kier molecular flexibility index (Phi) is 7.01. The summed E-state index contributed by atoms with van der Waals surface area (Å²) in [5.41, 5.74) is 5.22. The Morgan fingerprint density at radius 3 is 2.38 bits per heavy atom. The van der Waals surface area contributed by atoms with Crippen LogP contribution in [-0.4, -0.2) is 18.2 Å². The smallest absolute Gasteiger partial charge is 0.304 e. The number of rotatable bonds is 10. The van der Waals surface area contributed by atoms with Crippen LogP contribution in [0.4, 0.5) is 4.39 Å². The van der Waals surface area contributed by atoms with E-state index in [1.807, 2.05) is 43.3 Å². The van der Waals surface area contributed by atoms with E-state index < -0.39 is 5.97 Å². The first-order chi connectivity index (χ1) is 16.4. The zero-order chi connectivity index (χ0) is 24.2. The summed E-state index contributed by atoms with van der Waals surface area (Å²) in [5, 5.41) is 9.17. The van der Waals surface area contributed by atoms with Crippen molar-refractivity contribution in [3.63, 3.8) is 0 Å². The molecule has 0 aliphatic heterocycles. The molecule has 5 heteroatoms. The molecule has 1 fully saturated rings. The maximum absolute atomic E-state index is 14.7. The third kappa shape index (κ3) is 5.48. The van der Waals surface area contributed by atoms with Crippen molar-refractivity contribution in [1.82, 2.24) is 0 Å². The van der Waals surface area contributed by atoms with Crippen molar-refractivity contribution in [2.24, 2.45) is 0 Å². The van der Waals surface area contributed by atoms with E-state index >= 15 is 0 Å². The van der Waals surface area contributed by atoms with E-state index in [-0.39, 0.29) is 18.2 Å². The van der Waals surface area contributed by atoms with E-state index in [4.69, 9.17) is 9.47 Å². The van der Waals surface area contributed by atoms with Gasteiger partial charge in [0.25, 0.3) is 0 Å². The quantitative estimate of drug-likeness (QED) is 0.328. The van der Waals surface area contributed by atoms with Crippen molar-refractivity contribution >= 4 is 5.97 Å². The predicted molar refractivity (Wildman–Crippen MR) is 131 cm³/mol. The summed E-state index contributed by atoms with van der Waals surface area (Å²) in [6.45, 7) is 6.10. The van der Waals surface area contributed by atoms with E-state index in [0.717, 1.165) is 40.7 Å². The summed E-state index contributed by atoms with van der Waals surface area (Å²) in [5.74, 6) is 0.406. The molecule has 1 atom stereocenters. The SMILES string of the molecule is C=C(C)[C@H](CC(=O)O)c1ccc(OCc2ccc(C3CC3)c(-c3cc(OC)ccc3F)c2)cc1. The third-order valence-corrected chi connectivity index (χ3v) is 6.26. The number of ether oxygens (including phenoxy) is 2.